The van der Waals surface area contributed by atoms with Crippen molar-refractivity contribution < 1.29 is 22.7 Å². The Morgan fingerprint density at radius 3 is 2.50 bits per heavy atom. The highest BCUT2D eigenvalue weighted by Gasteiger charge is 2.33. The molecule has 1 atom stereocenters. The molecule has 1 amide bonds. The lowest BCUT2D eigenvalue weighted by atomic mass is 9.91. The topological polar surface area (TPSA) is 57.5 Å². The molecule has 3 aliphatic heterocycles. The first-order valence-corrected chi connectivity index (χ1v) is 10.8. The third kappa shape index (κ3) is 4.97. The van der Waals surface area contributed by atoms with Crippen molar-refractivity contribution in [3.8, 4) is 0 Å². The van der Waals surface area contributed by atoms with Crippen molar-refractivity contribution in [2.24, 2.45) is 15.9 Å². The number of fused-ring (bicyclic) bond motifs is 2. The summed E-state index contributed by atoms with van der Waals surface area (Å²) in [6.45, 7) is 7.31. The van der Waals surface area contributed by atoms with E-state index in [1.807, 2.05) is 31.9 Å². The zero-order valence-corrected chi connectivity index (χ0v) is 18.4. The van der Waals surface area contributed by atoms with Crippen molar-refractivity contribution in [3.63, 3.8) is 0 Å². The first-order chi connectivity index (χ1) is 15.0. The number of carbonyl (C=O) groups is 1. The molecule has 0 radical (unpaired) electrons. The fourth-order valence-electron chi connectivity index (χ4n) is 4.03. The average molecular weight is 448 g/mol. The lowest BCUT2D eigenvalue weighted by Gasteiger charge is -2.38. The summed E-state index contributed by atoms with van der Waals surface area (Å²) >= 11 is 0. The standard InChI is InChI=1S/C23H27F3N4O2/c1-22(2,3)32-21(31)30-10-8-29(9-11-30)20-19-13-15(6-7-27-19)12-16-4-5-17(23(24,25)26)14-18(16)28-20/h4-5,7,13-15H,6,8-12H2,1-3H3. The Labute approximate surface area is 185 Å². The van der Waals surface area contributed by atoms with Gasteiger partial charge in [-0.2, -0.15) is 13.2 Å². The summed E-state index contributed by atoms with van der Waals surface area (Å²) in [7, 11) is 0. The molecule has 1 fully saturated rings. The summed E-state index contributed by atoms with van der Waals surface area (Å²) < 4.78 is 45.4. The number of hydrogen-bond acceptors (Lipinski definition) is 5. The Bertz CT molecular complexity index is 984. The van der Waals surface area contributed by atoms with Crippen molar-refractivity contribution in [1.82, 2.24) is 9.80 Å². The van der Waals surface area contributed by atoms with Crippen LogP contribution in [-0.2, 0) is 17.3 Å². The molecular weight excluding hydrogens is 421 g/mol. The smallest absolute Gasteiger partial charge is 0.416 e. The third-order valence-corrected chi connectivity index (χ3v) is 5.61. The van der Waals surface area contributed by atoms with Gasteiger partial charge in [-0.1, -0.05) is 12.1 Å². The molecular formula is C23H27F3N4O2. The van der Waals surface area contributed by atoms with Gasteiger partial charge in [-0.3, -0.25) is 4.99 Å². The summed E-state index contributed by atoms with van der Waals surface area (Å²) in [5, 5.41) is 0. The van der Waals surface area contributed by atoms with Crippen LogP contribution in [0.25, 0.3) is 0 Å². The summed E-state index contributed by atoms with van der Waals surface area (Å²) in [6, 6.07) is 3.78. The van der Waals surface area contributed by atoms with Gasteiger partial charge in [-0.15, -0.1) is 0 Å². The number of hydrogen-bond donors (Lipinski definition) is 0. The van der Waals surface area contributed by atoms with Crippen molar-refractivity contribution in [2.45, 2.75) is 45.4 Å². The van der Waals surface area contributed by atoms with Crippen molar-refractivity contribution in [1.29, 1.82) is 0 Å². The van der Waals surface area contributed by atoms with Gasteiger partial charge in [-0.05, 0) is 57.2 Å². The molecule has 0 aliphatic carbocycles. The SMILES string of the molecule is CC(C)(C)OC(=O)N1CCN(C2=Nc3cc(C(F)(F)F)ccc3CC3C=C2N=CC3)CC1. The number of piperazine rings is 1. The molecule has 6 nitrogen and oxygen atoms in total. The van der Waals surface area contributed by atoms with Crippen LogP contribution in [0, 0.1) is 5.92 Å². The molecule has 1 saturated heterocycles. The van der Waals surface area contributed by atoms with Crippen molar-refractivity contribution in [2.75, 3.05) is 26.2 Å². The number of amidine groups is 1. The highest BCUT2D eigenvalue weighted by Crippen LogP contribution is 2.36. The molecule has 0 spiro atoms. The number of alkyl halides is 3. The minimum atomic E-state index is -4.43. The van der Waals surface area contributed by atoms with Crippen LogP contribution in [0.5, 0.6) is 0 Å². The second-order valence-electron chi connectivity index (χ2n) is 9.29. The summed E-state index contributed by atoms with van der Waals surface area (Å²) in [5.74, 6) is 0.710. The van der Waals surface area contributed by atoms with E-state index in [0.717, 1.165) is 24.1 Å². The van der Waals surface area contributed by atoms with Crippen molar-refractivity contribution >= 4 is 23.8 Å². The zero-order chi connectivity index (χ0) is 23.1. The molecule has 3 heterocycles. The Morgan fingerprint density at radius 2 is 1.84 bits per heavy atom. The van der Waals surface area contributed by atoms with Crippen molar-refractivity contribution in [3.05, 3.63) is 41.1 Å². The van der Waals surface area contributed by atoms with Gasteiger partial charge in [0, 0.05) is 32.4 Å². The number of amides is 1. The number of nitrogens with zero attached hydrogens (tertiary/aromatic N) is 4. The van der Waals surface area contributed by atoms with Crippen LogP contribution in [0.15, 0.2) is 40.0 Å². The highest BCUT2D eigenvalue weighted by molar-refractivity contribution is 6.01. The minimum absolute atomic E-state index is 0.159. The second-order valence-corrected chi connectivity index (χ2v) is 9.29. The first kappa shape index (κ1) is 22.4. The first-order valence-electron chi connectivity index (χ1n) is 10.8. The second kappa shape index (κ2) is 8.26. The lowest BCUT2D eigenvalue weighted by Crippen LogP contribution is -2.52. The maximum absolute atomic E-state index is 13.3. The van der Waals surface area contributed by atoms with E-state index in [1.165, 1.54) is 6.07 Å². The Hall–Kier alpha value is -2.84. The molecule has 0 N–H and O–H groups in total. The van der Waals surface area contributed by atoms with Gasteiger partial charge in [0.2, 0.25) is 0 Å². The van der Waals surface area contributed by atoms with Gasteiger partial charge >= 0.3 is 12.3 Å². The quantitative estimate of drug-likeness (QED) is 0.572. The van der Waals surface area contributed by atoms with E-state index in [0.29, 0.717) is 49.8 Å². The highest BCUT2D eigenvalue weighted by atomic mass is 19.4. The minimum Gasteiger partial charge on any atom is -0.444 e. The Balaban J connectivity index is 1.62. The van der Waals surface area contributed by atoms with Crippen LogP contribution in [0.4, 0.5) is 23.7 Å². The molecule has 1 aromatic carbocycles. The number of ether oxygens (including phenoxy) is 1. The number of allylic oxidation sites excluding steroid dienone is 1. The zero-order valence-electron chi connectivity index (χ0n) is 18.4. The molecule has 1 aromatic rings. The Morgan fingerprint density at radius 1 is 1.12 bits per heavy atom. The van der Waals surface area contributed by atoms with E-state index in [-0.39, 0.29) is 12.0 Å². The summed E-state index contributed by atoms with van der Waals surface area (Å²) in [4.78, 5) is 25.2. The van der Waals surface area contributed by atoms with Gasteiger partial charge < -0.3 is 14.5 Å². The van der Waals surface area contributed by atoms with E-state index in [4.69, 9.17) is 4.74 Å². The fourth-order valence-corrected chi connectivity index (χ4v) is 4.03. The van der Waals surface area contributed by atoms with Gasteiger partial charge in [-0.25, -0.2) is 9.79 Å². The van der Waals surface area contributed by atoms with E-state index in [2.05, 4.69) is 16.1 Å². The van der Waals surface area contributed by atoms with Gasteiger partial charge in [0.15, 0.2) is 5.84 Å². The van der Waals surface area contributed by atoms with E-state index in [9.17, 15) is 18.0 Å². The number of aliphatic imine (C=N–C) groups is 2. The number of benzene rings is 1. The van der Waals surface area contributed by atoms with Crippen LogP contribution < -0.4 is 0 Å². The molecule has 9 heteroatoms. The summed E-state index contributed by atoms with van der Waals surface area (Å²) in [5.41, 5.74) is 0.511. The van der Waals surface area contributed by atoms with Crippen LogP contribution >= 0.6 is 0 Å². The predicted octanol–water partition coefficient (Wildman–Crippen LogP) is 4.82. The number of carbonyl (C=O) groups excluding carboxylic acids is 1. The fraction of sp³-hybridized carbons (Fsp3) is 0.522. The Kier molecular flexibility index (Phi) is 5.77. The van der Waals surface area contributed by atoms with E-state index in [1.54, 1.807) is 4.90 Å². The molecule has 0 aromatic heterocycles. The van der Waals surface area contributed by atoms with Crippen LogP contribution in [0.3, 0.4) is 0 Å². The molecule has 172 valence electrons. The monoisotopic (exact) mass is 448 g/mol. The normalized spacial score (nSPS) is 21.2. The van der Waals surface area contributed by atoms with E-state index >= 15 is 0 Å². The molecule has 2 bridgehead atoms. The van der Waals surface area contributed by atoms with Gasteiger partial charge in [0.1, 0.15) is 11.3 Å². The van der Waals surface area contributed by atoms with Crippen LogP contribution in [-0.4, -0.2) is 59.7 Å². The van der Waals surface area contributed by atoms with E-state index < -0.39 is 17.3 Å². The maximum Gasteiger partial charge on any atom is 0.416 e. The van der Waals surface area contributed by atoms with Crippen LogP contribution in [0.2, 0.25) is 0 Å². The number of halogens is 3. The summed E-state index contributed by atoms with van der Waals surface area (Å²) in [6.07, 6.45) is 0.461. The third-order valence-electron chi connectivity index (χ3n) is 5.61. The average Bonchev–Trinajstić information content (AvgIpc) is 2.70. The van der Waals surface area contributed by atoms with Gasteiger partial charge in [0.05, 0.1) is 11.3 Å². The molecule has 4 rings (SSSR count). The largest absolute Gasteiger partial charge is 0.444 e. The molecule has 0 saturated carbocycles. The van der Waals surface area contributed by atoms with Crippen LogP contribution in [0.1, 0.15) is 38.3 Å². The molecule has 32 heavy (non-hydrogen) atoms. The number of rotatable bonds is 0. The maximum atomic E-state index is 13.3. The molecule has 3 aliphatic rings. The molecule has 1 unspecified atom stereocenters. The lowest BCUT2D eigenvalue weighted by molar-refractivity contribution is -0.137. The van der Waals surface area contributed by atoms with Gasteiger partial charge in [0.25, 0.3) is 0 Å². The predicted molar refractivity (Wildman–Crippen MR) is 116 cm³/mol.